The van der Waals surface area contributed by atoms with Crippen LogP contribution in [0.5, 0.6) is 0 Å². The predicted octanol–water partition coefficient (Wildman–Crippen LogP) is 0.727. The van der Waals surface area contributed by atoms with Crippen molar-refractivity contribution in [3.05, 3.63) is 0 Å². The average molecular weight is 129 g/mol. The van der Waals surface area contributed by atoms with Gasteiger partial charge in [-0.15, -0.1) is 0 Å². The van der Waals surface area contributed by atoms with Crippen molar-refractivity contribution in [2.75, 3.05) is 27.2 Å². The lowest BCUT2D eigenvalue weighted by molar-refractivity contribution is 0.0168. The minimum Gasteiger partial charge on any atom is -0.377 e. The highest BCUT2D eigenvalue weighted by molar-refractivity contribution is 4.85. The van der Waals surface area contributed by atoms with Crippen molar-refractivity contribution in [3.8, 4) is 0 Å². The van der Waals surface area contributed by atoms with Gasteiger partial charge in [0.1, 0.15) is 0 Å². The molecule has 0 aromatic heterocycles. The predicted molar refractivity (Wildman–Crippen MR) is 37.5 cm³/mol. The molecule has 0 bridgehead atoms. The molecule has 1 unspecified atom stereocenters. The van der Waals surface area contributed by atoms with Gasteiger partial charge in [-0.1, -0.05) is 0 Å². The number of methoxy groups -OCH3 is 1. The molecule has 0 aromatic rings. The highest BCUT2D eigenvalue weighted by Gasteiger charge is 2.31. The molecule has 0 spiro atoms. The first-order chi connectivity index (χ1) is 4.16. The zero-order valence-corrected chi connectivity index (χ0v) is 6.48. The number of hydrogen-bond acceptors (Lipinski definition) is 2. The Labute approximate surface area is 56.8 Å². The van der Waals surface area contributed by atoms with Gasteiger partial charge >= 0.3 is 0 Å². The number of hydrogen-bond donors (Lipinski definition) is 0. The number of ether oxygens (including phenoxy) is 1. The molecule has 0 saturated carbocycles. The van der Waals surface area contributed by atoms with E-state index in [0.717, 1.165) is 6.54 Å². The highest BCUT2D eigenvalue weighted by atomic mass is 16.5. The quantitative estimate of drug-likeness (QED) is 0.517. The van der Waals surface area contributed by atoms with Gasteiger partial charge in [-0.25, -0.2) is 0 Å². The van der Waals surface area contributed by atoms with E-state index < -0.39 is 0 Å². The Hall–Kier alpha value is -0.0800. The van der Waals surface area contributed by atoms with E-state index in [9.17, 15) is 0 Å². The average Bonchev–Trinajstić information content (AvgIpc) is 2.13. The highest BCUT2D eigenvalue weighted by Crippen LogP contribution is 2.21. The minimum atomic E-state index is 0.134. The second kappa shape index (κ2) is 2.27. The molecule has 2 heteroatoms. The van der Waals surface area contributed by atoms with E-state index in [0.29, 0.717) is 0 Å². The van der Waals surface area contributed by atoms with Gasteiger partial charge in [0.15, 0.2) is 0 Å². The first-order valence-corrected chi connectivity index (χ1v) is 3.40. The smallest absolute Gasteiger partial charge is 0.0789 e. The van der Waals surface area contributed by atoms with Crippen LogP contribution in [-0.2, 0) is 4.74 Å². The maximum Gasteiger partial charge on any atom is 0.0789 e. The summed E-state index contributed by atoms with van der Waals surface area (Å²) >= 11 is 0. The number of likely N-dealkylation sites (tertiary alicyclic amines) is 1. The number of nitrogens with zero attached hydrogens (tertiary/aromatic N) is 1. The lowest BCUT2D eigenvalue weighted by Gasteiger charge is -2.21. The van der Waals surface area contributed by atoms with E-state index in [-0.39, 0.29) is 5.60 Å². The molecule has 0 N–H and O–H groups in total. The Morgan fingerprint density at radius 3 is 2.44 bits per heavy atom. The second-order valence-electron chi connectivity index (χ2n) is 3.14. The van der Waals surface area contributed by atoms with Crippen LogP contribution in [-0.4, -0.2) is 37.7 Å². The fourth-order valence-electron chi connectivity index (χ4n) is 1.32. The van der Waals surface area contributed by atoms with E-state index in [4.69, 9.17) is 4.74 Å². The summed E-state index contributed by atoms with van der Waals surface area (Å²) in [7, 11) is 3.92. The number of rotatable bonds is 1. The van der Waals surface area contributed by atoms with Crippen molar-refractivity contribution in [2.45, 2.75) is 18.9 Å². The third-order valence-corrected chi connectivity index (χ3v) is 2.12. The summed E-state index contributed by atoms with van der Waals surface area (Å²) in [6.45, 7) is 4.41. The Balaban J connectivity index is 2.45. The van der Waals surface area contributed by atoms with Crippen LogP contribution in [0.25, 0.3) is 0 Å². The zero-order chi connectivity index (χ0) is 6.91. The first kappa shape index (κ1) is 7.03. The van der Waals surface area contributed by atoms with Crippen LogP contribution in [0, 0.1) is 0 Å². The van der Waals surface area contributed by atoms with Crippen LogP contribution >= 0.6 is 0 Å². The third-order valence-electron chi connectivity index (χ3n) is 2.12. The summed E-state index contributed by atoms with van der Waals surface area (Å²) in [5.74, 6) is 0. The molecule has 1 fully saturated rings. The lowest BCUT2D eigenvalue weighted by atomic mass is 10.1. The van der Waals surface area contributed by atoms with Crippen molar-refractivity contribution in [2.24, 2.45) is 0 Å². The van der Waals surface area contributed by atoms with E-state index >= 15 is 0 Å². The van der Waals surface area contributed by atoms with Crippen molar-refractivity contribution in [1.29, 1.82) is 0 Å². The molecule has 1 aliphatic rings. The molecular weight excluding hydrogens is 114 g/mol. The van der Waals surface area contributed by atoms with E-state index in [2.05, 4.69) is 18.9 Å². The maximum absolute atomic E-state index is 5.33. The zero-order valence-electron chi connectivity index (χ0n) is 6.48. The van der Waals surface area contributed by atoms with Gasteiger partial charge in [-0.2, -0.15) is 0 Å². The fraction of sp³-hybridized carbons (Fsp3) is 1.00. The maximum atomic E-state index is 5.33. The summed E-state index contributed by atoms with van der Waals surface area (Å²) in [6.07, 6.45) is 1.17. The third kappa shape index (κ3) is 1.43. The van der Waals surface area contributed by atoms with Gasteiger partial charge in [-0.05, 0) is 20.4 Å². The summed E-state index contributed by atoms with van der Waals surface area (Å²) in [6, 6.07) is 0. The molecule has 0 amide bonds. The van der Waals surface area contributed by atoms with Crippen LogP contribution in [0.4, 0.5) is 0 Å². The summed E-state index contributed by atoms with van der Waals surface area (Å²) in [4.78, 5) is 2.30. The molecule has 2 nitrogen and oxygen atoms in total. The molecule has 1 atom stereocenters. The van der Waals surface area contributed by atoms with Gasteiger partial charge < -0.3 is 9.64 Å². The lowest BCUT2D eigenvalue weighted by Crippen LogP contribution is -2.30. The minimum absolute atomic E-state index is 0.134. The Kier molecular flexibility index (Phi) is 1.78. The molecule has 9 heavy (non-hydrogen) atoms. The van der Waals surface area contributed by atoms with Crippen molar-refractivity contribution in [3.63, 3.8) is 0 Å². The van der Waals surface area contributed by atoms with Crippen molar-refractivity contribution >= 4 is 0 Å². The molecule has 0 radical (unpaired) electrons. The van der Waals surface area contributed by atoms with Gasteiger partial charge in [-0.3, -0.25) is 0 Å². The van der Waals surface area contributed by atoms with Crippen LogP contribution in [0.2, 0.25) is 0 Å². The Bertz CT molecular complexity index is 105. The largest absolute Gasteiger partial charge is 0.377 e. The fourth-order valence-corrected chi connectivity index (χ4v) is 1.32. The van der Waals surface area contributed by atoms with Crippen molar-refractivity contribution < 1.29 is 4.74 Å². The SMILES string of the molecule is COC1(C)CCN(C)C1. The first-order valence-electron chi connectivity index (χ1n) is 3.40. The van der Waals surface area contributed by atoms with Gasteiger partial charge in [0, 0.05) is 20.2 Å². The van der Waals surface area contributed by atoms with Crippen LogP contribution in [0.15, 0.2) is 0 Å². The van der Waals surface area contributed by atoms with E-state index in [1.54, 1.807) is 7.11 Å². The molecule has 1 heterocycles. The van der Waals surface area contributed by atoms with Gasteiger partial charge in [0.05, 0.1) is 5.60 Å². The summed E-state index contributed by atoms with van der Waals surface area (Å²) < 4.78 is 5.33. The topological polar surface area (TPSA) is 12.5 Å². The summed E-state index contributed by atoms with van der Waals surface area (Å²) in [5, 5.41) is 0. The van der Waals surface area contributed by atoms with Gasteiger partial charge in [0.25, 0.3) is 0 Å². The normalized spacial score (nSPS) is 37.7. The van der Waals surface area contributed by atoms with E-state index in [1.807, 2.05) is 0 Å². The van der Waals surface area contributed by atoms with Gasteiger partial charge in [0.2, 0.25) is 0 Å². The Morgan fingerprint density at radius 1 is 1.56 bits per heavy atom. The number of likely N-dealkylation sites (N-methyl/N-ethyl adjacent to an activating group) is 1. The molecule has 54 valence electrons. The van der Waals surface area contributed by atoms with E-state index in [1.165, 1.54) is 13.0 Å². The summed E-state index contributed by atoms with van der Waals surface area (Å²) in [5.41, 5.74) is 0.134. The second-order valence-corrected chi connectivity index (χ2v) is 3.14. The molecule has 1 aliphatic heterocycles. The molecule has 1 saturated heterocycles. The standard InChI is InChI=1S/C7H15NO/c1-7(9-3)4-5-8(2)6-7/h4-6H2,1-3H3. The van der Waals surface area contributed by atoms with Crippen molar-refractivity contribution in [1.82, 2.24) is 4.90 Å². The Morgan fingerprint density at radius 2 is 2.22 bits per heavy atom. The molecular formula is C7H15NO. The molecule has 1 rings (SSSR count). The van der Waals surface area contributed by atoms with Crippen LogP contribution < -0.4 is 0 Å². The molecule has 0 aromatic carbocycles. The molecule has 0 aliphatic carbocycles. The monoisotopic (exact) mass is 129 g/mol. The van der Waals surface area contributed by atoms with Crippen LogP contribution in [0.3, 0.4) is 0 Å². The van der Waals surface area contributed by atoms with Crippen LogP contribution in [0.1, 0.15) is 13.3 Å².